The first-order valence-corrected chi connectivity index (χ1v) is 8.70. The summed E-state index contributed by atoms with van der Waals surface area (Å²) in [6, 6.07) is 12.2. The second-order valence-corrected chi connectivity index (χ2v) is 7.57. The highest BCUT2D eigenvalue weighted by Gasteiger charge is 2.26. The zero-order chi connectivity index (χ0) is 19.1. The molecule has 1 aromatic heterocycles. The third-order valence-corrected chi connectivity index (χ3v) is 4.31. The van der Waals surface area contributed by atoms with Gasteiger partial charge in [0, 0.05) is 22.2 Å². The van der Waals surface area contributed by atoms with Crippen molar-refractivity contribution in [1.82, 2.24) is 4.98 Å². The number of halogens is 1. The van der Waals surface area contributed by atoms with Crippen molar-refractivity contribution in [3.8, 4) is 0 Å². The zero-order valence-corrected chi connectivity index (χ0v) is 15.9. The van der Waals surface area contributed by atoms with Crippen LogP contribution in [-0.2, 0) is 4.74 Å². The lowest BCUT2D eigenvalue weighted by atomic mass is 9.97. The summed E-state index contributed by atoms with van der Waals surface area (Å²) in [4.78, 5) is 29.0. The van der Waals surface area contributed by atoms with Crippen LogP contribution in [0.15, 0.2) is 42.5 Å². The molecule has 1 heterocycles. The van der Waals surface area contributed by atoms with Crippen LogP contribution in [0.4, 0.5) is 0 Å². The van der Waals surface area contributed by atoms with Gasteiger partial charge in [-0.2, -0.15) is 0 Å². The Morgan fingerprint density at radius 2 is 1.65 bits per heavy atom. The Morgan fingerprint density at radius 3 is 2.31 bits per heavy atom. The predicted octanol–water partition coefficient (Wildman–Crippen LogP) is 5.32. The van der Waals surface area contributed by atoms with E-state index in [4.69, 9.17) is 16.3 Å². The molecular weight excluding hydrogens is 350 g/mol. The molecule has 3 aromatic rings. The van der Waals surface area contributed by atoms with Crippen LogP contribution in [0.1, 0.15) is 52.7 Å². The number of nitrogens with one attached hydrogen (secondary N) is 1. The summed E-state index contributed by atoms with van der Waals surface area (Å²) in [5.74, 6) is -0.689. The largest absolute Gasteiger partial charge is 0.456 e. The third-order valence-electron chi connectivity index (χ3n) is 3.98. The number of ether oxygens (including phenoxy) is 1. The van der Waals surface area contributed by atoms with Crippen molar-refractivity contribution >= 4 is 34.3 Å². The van der Waals surface area contributed by atoms with Gasteiger partial charge < -0.3 is 9.72 Å². The van der Waals surface area contributed by atoms with Crippen LogP contribution < -0.4 is 0 Å². The number of aromatic nitrogens is 1. The van der Waals surface area contributed by atoms with E-state index in [1.54, 1.807) is 36.4 Å². The Balaban J connectivity index is 2.21. The quantitative estimate of drug-likeness (QED) is 0.502. The molecular formula is C21H20ClNO3. The molecule has 134 valence electrons. The van der Waals surface area contributed by atoms with Crippen molar-refractivity contribution in [2.45, 2.75) is 33.3 Å². The molecule has 26 heavy (non-hydrogen) atoms. The average Bonchev–Trinajstić information content (AvgIpc) is 2.88. The molecule has 0 spiro atoms. The summed E-state index contributed by atoms with van der Waals surface area (Å²) in [6.45, 7) is 7.23. The van der Waals surface area contributed by atoms with E-state index in [2.05, 4.69) is 4.98 Å². The van der Waals surface area contributed by atoms with E-state index < -0.39 is 11.6 Å². The van der Waals surface area contributed by atoms with Gasteiger partial charge in [-0.15, -0.1) is 0 Å². The number of H-pyrrole nitrogens is 1. The Kier molecular flexibility index (Phi) is 4.63. The van der Waals surface area contributed by atoms with Gasteiger partial charge in [0.1, 0.15) is 5.60 Å². The van der Waals surface area contributed by atoms with Gasteiger partial charge in [-0.3, -0.25) is 4.79 Å². The van der Waals surface area contributed by atoms with Crippen LogP contribution in [0, 0.1) is 6.92 Å². The number of fused-ring (bicyclic) bond motifs is 1. The second-order valence-electron chi connectivity index (χ2n) is 7.16. The number of ketones is 1. The molecule has 0 radical (unpaired) electrons. The van der Waals surface area contributed by atoms with Gasteiger partial charge in [0.05, 0.1) is 16.1 Å². The molecule has 0 atom stereocenters. The monoisotopic (exact) mass is 369 g/mol. The van der Waals surface area contributed by atoms with Gasteiger partial charge in [0.25, 0.3) is 0 Å². The van der Waals surface area contributed by atoms with Crippen LogP contribution >= 0.6 is 11.6 Å². The Morgan fingerprint density at radius 1 is 1.00 bits per heavy atom. The average molecular weight is 370 g/mol. The Bertz CT molecular complexity index is 1010. The first kappa shape index (κ1) is 18.2. The number of rotatable bonds is 3. The fourth-order valence-corrected chi connectivity index (χ4v) is 3.17. The maximum Gasteiger partial charge on any atom is 0.339 e. The van der Waals surface area contributed by atoms with E-state index in [0.717, 1.165) is 0 Å². The number of benzene rings is 2. The molecule has 0 aliphatic rings. The van der Waals surface area contributed by atoms with E-state index >= 15 is 0 Å². The fourth-order valence-electron chi connectivity index (χ4n) is 2.94. The molecule has 0 amide bonds. The molecule has 0 aliphatic heterocycles. The molecule has 0 saturated carbocycles. The SMILES string of the molecule is Cc1[nH]c2cccc(C(=O)OC(C)(C)C)c2c1C(=O)c1ccccc1Cl. The lowest BCUT2D eigenvalue weighted by molar-refractivity contribution is 0.00718. The Hall–Kier alpha value is -2.59. The normalized spacial score (nSPS) is 11.6. The molecule has 3 rings (SSSR count). The summed E-state index contributed by atoms with van der Waals surface area (Å²) < 4.78 is 5.52. The number of hydrogen-bond acceptors (Lipinski definition) is 3. The van der Waals surface area contributed by atoms with Crippen molar-refractivity contribution in [2.75, 3.05) is 0 Å². The molecule has 2 aromatic carbocycles. The van der Waals surface area contributed by atoms with Crippen LogP contribution in [0.25, 0.3) is 10.9 Å². The number of carbonyl (C=O) groups excluding carboxylic acids is 2. The van der Waals surface area contributed by atoms with Gasteiger partial charge in [-0.25, -0.2) is 4.79 Å². The summed E-state index contributed by atoms with van der Waals surface area (Å²) in [6.07, 6.45) is 0. The highest BCUT2D eigenvalue weighted by atomic mass is 35.5. The predicted molar refractivity (Wildman–Crippen MR) is 103 cm³/mol. The van der Waals surface area contributed by atoms with Gasteiger partial charge in [-0.05, 0) is 52.0 Å². The second kappa shape index (κ2) is 6.61. The standard InChI is InChI=1S/C21H20ClNO3/c1-12-17(19(24)13-8-5-6-10-15(13)22)18-14(9-7-11-16(18)23-12)20(25)26-21(2,3)4/h5-11,23H,1-4H3. The van der Waals surface area contributed by atoms with E-state index in [-0.39, 0.29) is 5.78 Å². The van der Waals surface area contributed by atoms with Gasteiger partial charge in [0.2, 0.25) is 0 Å². The highest BCUT2D eigenvalue weighted by molar-refractivity contribution is 6.36. The fraction of sp³-hybridized carbons (Fsp3) is 0.238. The molecule has 0 unspecified atom stereocenters. The highest BCUT2D eigenvalue weighted by Crippen LogP contribution is 2.31. The summed E-state index contributed by atoms with van der Waals surface area (Å²) in [5, 5.41) is 0.935. The van der Waals surface area contributed by atoms with Crippen LogP contribution in [-0.4, -0.2) is 22.3 Å². The van der Waals surface area contributed by atoms with Gasteiger partial charge in [-0.1, -0.05) is 29.8 Å². The Labute approximate surface area is 157 Å². The number of carbonyl (C=O) groups is 2. The number of aryl methyl sites for hydroxylation is 1. The van der Waals surface area contributed by atoms with Crippen molar-refractivity contribution in [3.05, 3.63) is 69.9 Å². The number of esters is 1. The summed E-state index contributed by atoms with van der Waals surface area (Å²) in [5.41, 5.74) is 1.96. The summed E-state index contributed by atoms with van der Waals surface area (Å²) in [7, 11) is 0. The van der Waals surface area contributed by atoms with Crippen molar-refractivity contribution in [3.63, 3.8) is 0 Å². The molecule has 0 fully saturated rings. The first-order valence-electron chi connectivity index (χ1n) is 8.33. The minimum absolute atomic E-state index is 0.227. The van der Waals surface area contributed by atoms with Crippen LogP contribution in [0.5, 0.6) is 0 Å². The molecule has 0 bridgehead atoms. The third kappa shape index (κ3) is 3.37. The number of hydrogen-bond donors (Lipinski definition) is 1. The molecule has 1 N–H and O–H groups in total. The molecule has 0 aliphatic carbocycles. The number of aromatic amines is 1. The van der Waals surface area contributed by atoms with Crippen LogP contribution in [0.2, 0.25) is 5.02 Å². The smallest absolute Gasteiger partial charge is 0.339 e. The molecule has 5 heteroatoms. The lowest BCUT2D eigenvalue weighted by Crippen LogP contribution is -2.24. The lowest BCUT2D eigenvalue weighted by Gasteiger charge is -2.20. The van der Waals surface area contributed by atoms with Gasteiger partial charge >= 0.3 is 5.97 Å². The first-order chi connectivity index (χ1) is 12.2. The minimum Gasteiger partial charge on any atom is -0.456 e. The van der Waals surface area contributed by atoms with E-state index in [1.807, 2.05) is 33.8 Å². The van der Waals surface area contributed by atoms with Crippen molar-refractivity contribution in [2.24, 2.45) is 0 Å². The zero-order valence-electron chi connectivity index (χ0n) is 15.1. The van der Waals surface area contributed by atoms with E-state index in [0.29, 0.717) is 38.3 Å². The molecule has 4 nitrogen and oxygen atoms in total. The maximum atomic E-state index is 13.2. The maximum absolute atomic E-state index is 13.2. The molecule has 0 saturated heterocycles. The van der Waals surface area contributed by atoms with Crippen LogP contribution in [0.3, 0.4) is 0 Å². The summed E-state index contributed by atoms with van der Waals surface area (Å²) >= 11 is 6.21. The van der Waals surface area contributed by atoms with Crippen molar-refractivity contribution in [1.29, 1.82) is 0 Å². The van der Waals surface area contributed by atoms with Gasteiger partial charge in [0.15, 0.2) is 5.78 Å². The van der Waals surface area contributed by atoms with Crippen molar-refractivity contribution < 1.29 is 14.3 Å². The minimum atomic E-state index is -0.627. The van der Waals surface area contributed by atoms with E-state index in [9.17, 15) is 9.59 Å². The topological polar surface area (TPSA) is 59.2 Å². The van der Waals surface area contributed by atoms with E-state index in [1.165, 1.54) is 0 Å².